The van der Waals surface area contributed by atoms with Gasteiger partial charge in [-0.1, -0.05) is 0 Å². The van der Waals surface area contributed by atoms with Crippen LogP contribution in [0.2, 0.25) is 0 Å². The van der Waals surface area contributed by atoms with E-state index in [4.69, 9.17) is 0 Å². The topological polar surface area (TPSA) is 42.7 Å². The predicted molar refractivity (Wildman–Crippen MR) is 246 cm³/mol. The quantitative estimate of drug-likeness (QED) is 0.126. The highest BCUT2D eigenvalue weighted by molar-refractivity contribution is 8.78. The molecule has 0 unspecified atom stereocenters. The van der Waals surface area contributed by atoms with Gasteiger partial charge in [-0.15, -0.1) is 26.0 Å². The molecule has 12 nitrogen and oxygen atoms in total. The minimum Gasteiger partial charge on any atom is -0.377 e. The maximum atomic E-state index is 2.50. The van der Waals surface area contributed by atoms with Crippen LogP contribution in [0.1, 0.15) is 0 Å². The molecule has 0 spiro atoms. The van der Waals surface area contributed by atoms with Crippen LogP contribution in [0, 0.1) is 0 Å². The lowest BCUT2D eigenvalue weighted by Gasteiger charge is -2.18. The molecule has 0 radical (unpaired) electrons. The molecular weight excluding hydrogens is 796 g/mol. The molecule has 0 saturated carbocycles. The summed E-state index contributed by atoms with van der Waals surface area (Å²) in [5, 5.41) is 0. The van der Waals surface area contributed by atoms with E-state index in [9.17, 15) is 0 Å². The maximum absolute atomic E-state index is 2.50. The number of pyridine rings is 6. The second-order valence-corrected chi connectivity index (χ2v) is 29.6. The third-order valence-corrected chi connectivity index (χ3v) is 29.9. The Bertz CT molecular complexity index is 1790. The lowest BCUT2D eigenvalue weighted by atomic mass is 10.4. The molecule has 0 bridgehead atoms. The van der Waals surface area contributed by atoms with Crippen LogP contribution < -0.4 is 55.4 Å². The molecule has 6 aromatic rings. The fourth-order valence-corrected chi connectivity index (χ4v) is 31.2. The molecule has 0 aliphatic rings. The molecular formula is C42H60N12P4+6. The molecule has 302 valence electrons. The lowest BCUT2D eigenvalue weighted by Crippen LogP contribution is -2.50. The molecule has 0 aromatic carbocycles. The Hall–Kier alpha value is -4.58. The van der Waals surface area contributed by atoms with Gasteiger partial charge in [0.15, 0.2) is 74.4 Å². The van der Waals surface area contributed by atoms with Gasteiger partial charge >= 0.3 is 30.7 Å². The summed E-state index contributed by atoms with van der Waals surface area (Å²) in [6.45, 7) is -1.07. The number of hydrogen-bond donors (Lipinski definition) is 0. The SMILES string of the molecule is CN(C)c1cc[n+](P([n+]2ccc(N(C)C)cc2)P(P([n+]2ccc(N(C)C)cc2)[n+]2ccc(N(C)C)cc2)P([n+]2ccc(N(C)C)cc2)[n+]2ccc(N(C)C)cc2)cc1. The highest BCUT2D eigenvalue weighted by atomic mass is 32.8. The van der Waals surface area contributed by atoms with Gasteiger partial charge < -0.3 is 29.4 Å². The van der Waals surface area contributed by atoms with Crippen molar-refractivity contribution in [3.8, 4) is 0 Å². The summed E-state index contributed by atoms with van der Waals surface area (Å²) >= 11 is 0. The molecule has 0 N–H and O–H groups in total. The Labute approximate surface area is 350 Å². The van der Waals surface area contributed by atoms with Gasteiger partial charge in [-0.05, 0) is 0 Å². The van der Waals surface area contributed by atoms with E-state index in [1.165, 1.54) is 0 Å². The highest BCUT2D eigenvalue weighted by Gasteiger charge is 2.74. The van der Waals surface area contributed by atoms with E-state index < -0.39 is 30.7 Å². The number of hydrogen-bond acceptors (Lipinski definition) is 6. The smallest absolute Gasteiger partial charge is 0.377 e. The highest BCUT2D eigenvalue weighted by Crippen LogP contribution is 2.91. The van der Waals surface area contributed by atoms with Crippen molar-refractivity contribution in [2.45, 2.75) is 0 Å². The van der Waals surface area contributed by atoms with Crippen LogP contribution in [0.25, 0.3) is 0 Å². The van der Waals surface area contributed by atoms with Crippen molar-refractivity contribution in [2.75, 3.05) is 114 Å². The summed E-state index contributed by atoms with van der Waals surface area (Å²) in [6.07, 6.45) is 27.5. The monoisotopic (exact) mass is 856 g/mol. The first-order valence-corrected chi connectivity index (χ1v) is 26.3. The van der Waals surface area contributed by atoms with E-state index in [1.54, 1.807) is 0 Å². The molecule has 6 rings (SSSR count). The lowest BCUT2D eigenvalue weighted by molar-refractivity contribution is -0.629. The molecule has 0 aliphatic carbocycles. The molecule has 6 aromatic heterocycles. The standard InChI is InChI=1S/C42H60N12P4/c1-43(2)37-13-25-49(26-14-37)55(50-27-15-38(16-28-50)44(3)4)58(56(51-29-17-39(18-30-51)45(5)6)52-31-19-40(20-32-52)46(7)8)57(53-33-21-41(22-34-53)47(9)10)54-35-23-42(24-36-54)48(11)12/h13-36H,1-12H3/q+6. The van der Waals surface area contributed by atoms with Crippen molar-refractivity contribution in [3.63, 3.8) is 0 Å². The number of aromatic nitrogens is 6. The summed E-state index contributed by atoms with van der Waals surface area (Å²) in [4.78, 5) is 13.0. The van der Waals surface area contributed by atoms with Crippen molar-refractivity contribution in [1.29, 1.82) is 0 Å². The summed E-state index contributed by atoms with van der Waals surface area (Å²) in [5.74, 6) is 0. The largest absolute Gasteiger partial charge is 0.546 e. The fraction of sp³-hybridized carbons (Fsp3) is 0.286. The molecule has 58 heavy (non-hydrogen) atoms. The zero-order valence-electron chi connectivity index (χ0n) is 36.0. The molecule has 16 heteroatoms. The number of nitrogens with zero attached hydrogens (tertiary/aromatic N) is 12. The Kier molecular flexibility index (Phi) is 14.1. The van der Waals surface area contributed by atoms with Crippen LogP contribution in [0.4, 0.5) is 34.1 Å². The van der Waals surface area contributed by atoms with Gasteiger partial charge in [0.05, 0.1) is 0 Å². The molecule has 0 fully saturated rings. The summed E-state index contributed by atoms with van der Waals surface area (Å²) in [7, 11) is 21.8. The van der Waals surface area contributed by atoms with Crippen LogP contribution >= 0.6 is 30.7 Å². The third kappa shape index (κ3) is 9.81. The van der Waals surface area contributed by atoms with E-state index >= 15 is 0 Å². The van der Waals surface area contributed by atoms with Crippen molar-refractivity contribution < 1.29 is 26.0 Å². The van der Waals surface area contributed by atoms with Gasteiger partial charge in [-0.3, -0.25) is 0 Å². The van der Waals surface area contributed by atoms with E-state index in [0.29, 0.717) is 0 Å². The van der Waals surface area contributed by atoms with E-state index in [2.05, 4.69) is 287 Å². The van der Waals surface area contributed by atoms with Gasteiger partial charge in [0.2, 0.25) is 0 Å². The van der Waals surface area contributed by atoms with Crippen LogP contribution in [0.5, 0.6) is 0 Å². The Morgan fingerprint density at radius 1 is 0.241 bits per heavy atom. The van der Waals surface area contributed by atoms with Gasteiger partial charge in [-0.2, -0.15) is 0 Å². The third-order valence-electron chi connectivity index (χ3n) is 9.59. The van der Waals surface area contributed by atoms with Crippen LogP contribution in [0.15, 0.2) is 147 Å². The van der Waals surface area contributed by atoms with Crippen molar-refractivity contribution in [2.24, 2.45) is 0 Å². The zero-order valence-corrected chi connectivity index (χ0v) is 39.6. The first-order chi connectivity index (χ1) is 27.7. The number of rotatable bonds is 15. The van der Waals surface area contributed by atoms with Gasteiger partial charge in [0, 0.05) is 191 Å². The van der Waals surface area contributed by atoms with Crippen LogP contribution in [0.3, 0.4) is 0 Å². The van der Waals surface area contributed by atoms with Crippen molar-refractivity contribution in [3.05, 3.63) is 147 Å². The Balaban J connectivity index is 1.74. The van der Waals surface area contributed by atoms with Gasteiger partial charge in [-0.25, -0.2) is 0 Å². The zero-order chi connectivity index (χ0) is 41.7. The molecule has 0 amide bonds. The molecule has 0 saturated heterocycles. The van der Waals surface area contributed by atoms with Crippen LogP contribution in [-0.2, 0) is 0 Å². The Morgan fingerprint density at radius 3 is 0.466 bits per heavy atom. The van der Waals surface area contributed by atoms with Crippen molar-refractivity contribution >= 4 is 64.8 Å². The van der Waals surface area contributed by atoms with E-state index in [1.807, 2.05) is 0 Å². The first kappa shape index (κ1) is 43.0. The number of anilines is 6. The molecule has 0 aliphatic heterocycles. The average Bonchev–Trinajstić information content (AvgIpc) is 3.22. The normalized spacial score (nSPS) is 11.4. The fourth-order valence-electron chi connectivity index (χ4n) is 6.10. The van der Waals surface area contributed by atoms with Crippen molar-refractivity contribution in [1.82, 2.24) is 0 Å². The van der Waals surface area contributed by atoms with E-state index in [0.717, 1.165) is 34.1 Å². The summed E-state index contributed by atoms with van der Waals surface area (Å²) in [5.41, 5.74) is 6.99. The molecule has 0 atom stereocenters. The van der Waals surface area contributed by atoms with E-state index in [-0.39, 0.29) is 0 Å². The minimum absolute atomic E-state index is 1.07. The summed E-state index contributed by atoms with van der Waals surface area (Å²) < 4.78 is 15.0. The van der Waals surface area contributed by atoms with Crippen LogP contribution in [-0.4, -0.2) is 84.6 Å². The maximum Gasteiger partial charge on any atom is 0.546 e. The predicted octanol–water partition coefficient (Wildman–Crippen LogP) is 5.56. The second-order valence-electron chi connectivity index (χ2n) is 15.1. The van der Waals surface area contributed by atoms with Gasteiger partial charge in [0.25, 0.3) is 0 Å². The first-order valence-electron chi connectivity index (χ1n) is 19.1. The summed E-state index contributed by atoms with van der Waals surface area (Å²) in [6, 6.07) is 27.0. The molecule has 6 heterocycles. The Morgan fingerprint density at radius 2 is 0.362 bits per heavy atom. The minimum atomic E-state index is -1.14. The second kappa shape index (κ2) is 19.0. The van der Waals surface area contributed by atoms with Gasteiger partial charge in [0.1, 0.15) is 0 Å². The average molecular weight is 857 g/mol.